The maximum absolute atomic E-state index is 12.6. The SMILES string of the molecule is Cc1ccc(N2C(=O)[C@@H](/C=N/n3cnnc3)C(=O)NC2=S)cc1. The molecule has 1 aliphatic heterocycles. The third kappa shape index (κ3) is 2.99. The van der Waals surface area contributed by atoms with Crippen molar-refractivity contribution in [3.63, 3.8) is 0 Å². The maximum Gasteiger partial charge on any atom is 0.251 e. The van der Waals surface area contributed by atoms with Crippen LogP contribution in [0.2, 0.25) is 0 Å². The monoisotopic (exact) mass is 328 g/mol. The van der Waals surface area contributed by atoms with Crippen LogP contribution in [0.4, 0.5) is 5.69 Å². The van der Waals surface area contributed by atoms with E-state index < -0.39 is 17.7 Å². The van der Waals surface area contributed by atoms with Crippen molar-refractivity contribution in [3.05, 3.63) is 42.5 Å². The topological polar surface area (TPSA) is 92.5 Å². The number of rotatable bonds is 3. The first-order valence-corrected chi connectivity index (χ1v) is 7.11. The van der Waals surface area contributed by atoms with Crippen molar-refractivity contribution in [2.24, 2.45) is 11.0 Å². The molecule has 116 valence electrons. The molecule has 0 aliphatic carbocycles. The lowest BCUT2D eigenvalue weighted by Crippen LogP contribution is -2.58. The maximum atomic E-state index is 12.6. The first-order chi connectivity index (χ1) is 11.1. The van der Waals surface area contributed by atoms with E-state index in [0.29, 0.717) is 5.69 Å². The lowest BCUT2D eigenvalue weighted by molar-refractivity contribution is -0.130. The number of aromatic nitrogens is 3. The molecule has 2 aromatic rings. The molecule has 1 aliphatic rings. The Labute approximate surface area is 136 Å². The Balaban J connectivity index is 1.89. The molecule has 1 saturated heterocycles. The highest BCUT2D eigenvalue weighted by Crippen LogP contribution is 2.20. The zero-order valence-corrected chi connectivity index (χ0v) is 12.9. The van der Waals surface area contributed by atoms with E-state index in [1.165, 1.54) is 28.4 Å². The van der Waals surface area contributed by atoms with Crippen LogP contribution in [0, 0.1) is 12.8 Å². The van der Waals surface area contributed by atoms with Gasteiger partial charge in [0.15, 0.2) is 11.0 Å². The van der Waals surface area contributed by atoms with Gasteiger partial charge in [0.05, 0.1) is 5.69 Å². The fourth-order valence-electron chi connectivity index (χ4n) is 2.06. The first-order valence-electron chi connectivity index (χ1n) is 6.71. The van der Waals surface area contributed by atoms with Crippen molar-refractivity contribution < 1.29 is 9.59 Å². The van der Waals surface area contributed by atoms with Gasteiger partial charge in [-0.3, -0.25) is 14.5 Å². The predicted molar refractivity (Wildman–Crippen MR) is 86.8 cm³/mol. The number of amides is 2. The molecule has 1 atom stereocenters. The number of nitrogens with one attached hydrogen (secondary N) is 1. The second-order valence-electron chi connectivity index (χ2n) is 4.89. The van der Waals surface area contributed by atoms with Gasteiger partial charge < -0.3 is 5.32 Å². The molecule has 2 heterocycles. The van der Waals surface area contributed by atoms with E-state index in [0.717, 1.165) is 5.56 Å². The number of carbonyl (C=O) groups is 2. The standard InChI is InChI=1S/C14H12N6O2S/c1-9-2-4-10(5-3-9)20-13(22)11(12(21)18-14(20)23)6-17-19-7-15-16-8-19/h2-8,11H,1H3,(H,18,21,23)/b17-6+/t11-/m0/s1. The molecule has 1 N–H and O–H groups in total. The number of aryl methyl sites for hydroxylation is 1. The summed E-state index contributed by atoms with van der Waals surface area (Å²) < 4.78 is 1.30. The lowest BCUT2D eigenvalue weighted by Gasteiger charge is -2.30. The number of benzene rings is 1. The Morgan fingerprint density at radius 1 is 1.22 bits per heavy atom. The van der Waals surface area contributed by atoms with Crippen molar-refractivity contribution in [1.82, 2.24) is 20.2 Å². The third-order valence-corrected chi connectivity index (χ3v) is 3.53. The average Bonchev–Trinajstić information content (AvgIpc) is 3.02. The molecule has 8 nitrogen and oxygen atoms in total. The normalized spacial score (nSPS) is 18.6. The first kappa shape index (κ1) is 15.0. The van der Waals surface area contributed by atoms with E-state index in [9.17, 15) is 9.59 Å². The van der Waals surface area contributed by atoms with Crippen LogP contribution in [0.1, 0.15) is 5.56 Å². The van der Waals surface area contributed by atoms with Crippen LogP contribution < -0.4 is 10.2 Å². The van der Waals surface area contributed by atoms with Crippen molar-refractivity contribution in [2.75, 3.05) is 4.90 Å². The van der Waals surface area contributed by atoms with Crippen LogP contribution in [0.5, 0.6) is 0 Å². The Kier molecular flexibility index (Phi) is 3.94. The summed E-state index contributed by atoms with van der Waals surface area (Å²) in [5, 5.41) is 13.7. The molecule has 0 saturated carbocycles. The fourth-order valence-corrected chi connectivity index (χ4v) is 2.35. The second kappa shape index (κ2) is 6.05. The van der Waals surface area contributed by atoms with Crippen molar-refractivity contribution >= 4 is 41.0 Å². The van der Waals surface area contributed by atoms with Crippen LogP contribution in [0.15, 0.2) is 42.0 Å². The minimum Gasteiger partial charge on any atom is -0.301 e. The van der Waals surface area contributed by atoms with Crippen molar-refractivity contribution in [1.29, 1.82) is 0 Å². The van der Waals surface area contributed by atoms with E-state index in [1.807, 2.05) is 19.1 Å². The van der Waals surface area contributed by atoms with Gasteiger partial charge in [0.2, 0.25) is 5.91 Å². The van der Waals surface area contributed by atoms with Gasteiger partial charge in [-0.15, -0.1) is 10.2 Å². The Bertz CT molecular complexity index is 784. The van der Waals surface area contributed by atoms with Gasteiger partial charge in [-0.2, -0.15) is 5.10 Å². The molecule has 0 spiro atoms. The van der Waals surface area contributed by atoms with E-state index >= 15 is 0 Å². The van der Waals surface area contributed by atoms with Crippen LogP contribution in [0.25, 0.3) is 0 Å². The largest absolute Gasteiger partial charge is 0.301 e. The molecular formula is C14H12N6O2S. The van der Waals surface area contributed by atoms with Gasteiger partial charge in [-0.1, -0.05) is 17.7 Å². The van der Waals surface area contributed by atoms with Crippen LogP contribution in [-0.2, 0) is 9.59 Å². The smallest absolute Gasteiger partial charge is 0.251 e. The van der Waals surface area contributed by atoms with Crippen molar-refractivity contribution in [2.45, 2.75) is 6.92 Å². The minimum absolute atomic E-state index is 0.0535. The van der Waals surface area contributed by atoms with Gasteiger partial charge in [0.25, 0.3) is 5.91 Å². The van der Waals surface area contributed by atoms with E-state index in [-0.39, 0.29) is 5.11 Å². The minimum atomic E-state index is -1.08. The highest BCUT2D eigenvalue weighted by atomic mass is 32.1. The van der Waals surface area contributed by atoms with Crippen LogP contribution in [-0.4, -0.2) is 38.0 Å². The number of thiocarbonyl (C=S) groups is 1. The van der Waals surface area contributed by atoms with E-state index in [1.54, 1.807) is 12.1 Å². The summed E-state index contributed by atoms with van der Waals surface area (Å²) in [5.74, 6) is -2.05. The summed E-state index contributed by atoms with van der Waals surface area (Å²) in [7, 11) is 0. The summed E-state index contributed by atoms with van der Waals surface area (Å²) in [6.45, 7) is 1.94. The van der Waals surface area contributed by atoms with Gasteiger partial charge >= 0.3 is 0 Å². The quantitative estimate of drug-likeness (QED) is 0.503. The molecule has 23 heavy (non-hydrogen) atoms. The van der Waals surface area contributed by atoms with E-state index in [2.05, 4.69) is 20.6 Å². The lowest BCUT2D eigenvalue weighted by atomic mass is 10.1. The Morgan fingerprint density at radius 3 is 2.52 bits per heavy atom. The van der Waals surface area contributed by atoms with Crippen LogP contribution >= 0.6 is 12.2 Å². The number of carbonyl (C=O) groups excluding carboxylic acids is 2. The van der Waals surface area contributed by atoms with Crippen molar-refractivity contribution in [3.8, 4) is 0 Å². The molecular weight excluding hydrogens is 316 g/mol. The third-order valence-electron chi connectivity index (χ3n) is 3.25. The molecule has 1 aromatic carbocycles. The summed E-state index contributed by atoms with van der Waals surface area (Å²) >= 11 is 5.12. The van der Waals surface area contributed by atoms with Gasteiger partial charge in [0.1, 0.15) is 12.7 Å². The van der Waals surface area contributed by atoms with Gasteiger partial charge in [0, 0.05) is 6.21 Å². The molecule has 0 unspecified atom stereocenters. The average molecular weight is 328 g/mol. The number of anilines is 1. The number of hydrogen-bond donors (Lipinski definition) is 1. The highest BCUT2D eigenvalue weighted by Gasteiger charge is 2.38. The number of nitrogens with zero attached hydrogens (tertiary/aromatic N) is 5. The summed E-state index contributed by atoms with van der Waals surface area (Å²) in [6.07, 6.45) is 3.94. The molecule has 3 rings (SSSR count). The summed E-state index contributed by atoms with van der Waals surface area (Å²) in [5.41, 5.74) is 1.65. The molecule has 1 aromatic heterocycles. The molecule has 1 fully saturated rings. The molecule has 0 radical (unpaired) electrons. The Hall–Kier alpha value is -2.94. The van der Waals surface area contributed by atoms with E-state index in [4.69, 9.17) is 12.2 Å². The number of hydrogen-bond acceptors (Lipinski definition) is 6. The zero-order chi connectivity index (χ0) is 16.4. The summed E-state index contributed by atoms with van der Waals surface area (Å²) in [6, 6.07) is 7.26. The molecule has 0 bridgehead atoms. The predicted octanol–water partition coefficient (Wildman–Crippen LogP) is 0.485. The highest BCUT2D eigenvalue weighted by molar-refractivity contribution is 7.80. The Morgan fingerprint density at radius 2 is 1.87 bits per heavy atom. The second-order valence-corrected chi connectivity index (χ2v) is 5.27. The van der Waals surface area contributed by atoms with Gasteiger partial charge in [-0.05, 0) is 31.3 Å². The fraction of sp³-hybridized carbons (Fsp3) is 0.143. The van der Waals surface area contributed by atoms with Crippen LogP contribution in [0.3, 0.4) is 0 Å². The zero-order valence-electron chi connectivity index (χ0n) is 12.1. The molecule has 9 heteroatoms. The molecule has 2 amide bonds. The summed E-state index contributed by atoms with van der Waals surface area (Å²) in [4.78, 5) is 26.0. The van der Waals surface area contributed by atoms with Gasteiger partial charge in [-0.25, -0.2) is 4.68 Å².